The first-order chi connectivity index (χ1) is 12.6. The summed E-state index contributed by atoms with van der Waals surface area (Å²) in [6.45, 7) is 0.772. The van der Waals surface area contributed by atoms with Crippen molar-refractivity contribution in [3.05, 3.63) is 71.8 Å². The van der Waals surface area contributed by atoms with E-state index in [9.17, 15) is 14.7 Å². The van der Waals surface area contributed by atoms with E-state index in [-0.39, 0.29) is 30.9 Å². The average Bonchev–Trinajstić information content (AvgIpc) is 3.11. The van der Waals surface area contributed by atoms with Gasteiger partial charge >= 0.3 is 5.97 Å². The van der Waals surface area contributed by atoms with Gasteiger partial charge in [-0.3, -0.25) is 14.5 Å². The summed E-state index contributed by atoms with van der Waals surface area (Å²) >= 11 is 0. The molecule has 6 heteroatoms. The molecule has 2 atom stereocenters. The number of amides is 1. The van der Waals surface area contributed by atoms with Crippen LogP contribution in [0.5, 0.6) is 0 Å². The zero-order valence-electron chi connectivity index (χ0n) is 15.1. The lowest BCUT2D eigenvalue weighted by atomic mass is 9.99. The van der Waals surface area contributed by atoms with Crippen LogP contribution in [0, 0.1) is 0 Å². The number of hydrogen-bond donors (Lipinski definition) is 2. The van der Waals surface area contributed by atoms with E-state index in [1.54, 1.807) is 4.90 Å². The second-order valence-electron chi connectivity index (χ2n) is 6.69. The number of benzene rings is 2. The fraction of sp³-hybridized carbons (Fsp3) is 0.333. The van der Waals surface area contributed by atoms with Crippen molar-refractivity contribution in [3.63, 3.8) is 0 Å². The van der Waals surface area contributed by atoms with Gasteiger partial charge in [0.2, 0.25) is 5.91 Å². The molecule has 1 aliphatic rings. The van der Waals surface area contributed by atoms with E-state index in [1.807, 2.05) is 60.7 Å². The van der Waals surface area contributed by atoms with Crippen molar-refractivity contribution >= 4 is 24.3 Å². The molecule has 2 N–H and O–H groups in total. The summed E-state index contributed by atoms with van der Waals surface area (Å²) in [6, 6.07) is 19.2. The normalized spacial score (nSPS) is 17.7. The van der Waals surface area contributed by atoms with Gasteiger partial charge in [0, 0.05) is 0 Å². The Morgan fingerprint density at radius 3 is 2.33 bits per heavy atom. The van der Waals surface area contributed by atoms with Crippen molar-refractivity contribution in [2.24, 2.45) is 0 Å². The van der Waals surface area contributed by atoms with Gasteiger partial charge in [0.15, 0.2) is 0 Å². The molecule has 5 nitrogen and oxygen atoms in total. The van der Waals surface area contributed by atoms with E-state index in [1.165, 1.54) is 0 Å². The largest absolute Gasteiger partial charge is 0.480 e. The summed E-state index contributed by atoms with van der Waals surface area (Å²) in [5, 5.41) is 12.4. The molecule has 1 amide bonds. The first-order valence-corrected chi connectivity index (χ1v) is 8.98. The van der Waals surface area contributed by atoms with Gasteiger partial charge in [-0.2, -0.15) is 0 Å². The third-order valence-corrected chi connectivity index (χ3v) is 4.82. The minimum Gasteiger partial charge on any atom is -0.480 e. The molecule has 1 fully saturated rings. The minimum atomic E-state index is -0.848. The number of nitrogens with zero attached hydrogens (tertiary/aromatic N) is 1. The van der Waals surface area contributed by atoms with Crippen LogP contribution in [0.1, 0.15) is 30.0 Å². The summed E-state index contributed by atoms with van der Waals surface area (Å²) in [5.41, 5.74) is 2.19. The molecule has 1 saturated heterocycles. The van der Waals surface area contributed by atoms with Crippen LogP contribution in [0.3, 0.4) is 0 Å². The Morgan fingerprint density at radius 1 is 1.07 bits per heavy atom. The Morgan fingerprint density at radius 2 is 1.70 bits per heavy atom. The summed E-state index contributed by atoms with van der Waals surface area (Å²) < 4.78 is 0. The molecule has 0 aliphatic carbocycles. The highest BCUT2D eigenvalue weighted by Crippen LogP contribution is 2.20. The maximum absolute atomic E-state index is 12.6. The fourth-order valence-electron chi connectivity index (χ4n) is 3.51. The number of likely N-dealkylation sites (tertiary alicyclic amines) is 1. The zero-order valence-corrected chi connectivity index (χ0v) is 15.9. The van der Waals surface area contributed by atoms with Gasteiger partial charge < -0.3 is 10.4 Å². The number of nitrogens with one attached hydrogen (secondary N) is 1. The van der Waals surface area contributed by atoms with Crippen LogP contribution >= 0.6 is 12.4 Å². The molecule has 3 rings (SSSR count). The van der Waals surface area contributed by atoms with E-state index in [0.29, 0.717) is 19.4 Å². The first-order valence-electron chi connectivity index (χ1n) is 8.98. The van der Waals surface area contributed by atoms with E-state index in [2.05, 4.69) is 5.32 Å². The van der Waals surface area contributed by atoms with Gasteiger partial charge in [-0.05, 0) is 36.9 Å². The van der Waals surface area contributed by atoms with Gasteiger partial charge in [-0.25, -0.2) is 0 Å². The molecule has 0 saturated carbocycles. The molecule has 1 heterocycles. The number of carbonyl (C=O) groups excluding carboxylic acids is 1. The van der Waals surface area contributed by atoms with Crippen LogP contribution in [0.2, 0.25) is 0 Å². The molecule has 2 unspecified atom stereocenters. The average molecular weight is 389 g/mol. The van der Waals surface area contributed by atoms with Crippen LogP contribution in [-0.2, 0) is 16.0 Å². The maximum atomic E-state index is 12.6. The van der Waals surface area contributed by atoms with E-state index in [0.717, 1.165) is 17.5 Å². The van der Waals surface area contributed by atoms with E-state index in [4.69, 9.17) is 0 Å². The van der Waals surface area contributed by atoms with Gasteiger partial charge in [0.25, 0.3) is 0 Å². The van der Waals surface area contributed by atoms with Gasteiger partial charge in [-0.15, -0.1) is 12.4 Å². The molecule has 27 heavy (non-hydrogen) atoms. The standard InChI is InChI=1S/C21H24N2O3.ClH/c24-20(15-23-13-7-12-19(23)21(25)26)22-18(17-10-5-2-6-11-17)14-16-8-3-1-4-9-16;/h1-6,8-11,18-19H,7,12-15H2,(H,22,24)(H,25,26);1H. The summed E-state index contributed by atoms with van der Waals surface area (Å²) in [4.78, 5) is 25.7. The lowest BCUT2D eigenvalue weighted by molar-refractivity contribution is -0.142. The van der Waals surface area contributed by atoms with Gasteiger partial charge in [-0.1, -0.05) is 60.7 Å². The zero-order chi connectivity index (χ0) is 18.4. The van der Waals surface area contributed by atoms with Crippen molar-refractivity contribution in [3.8, 4) is 0 Å². The quantitative estimate of drug-likeness (QED) is 0.764. The van der Waals surface area contributed by atoms with Crippen molar-refractivity contribution in [1.29, 1.82) is 0 Å². The third-order valence-electron chi connectivity index (χ3n) is 4.82. The molecule has 0 bridgehead atoms. The number of aliphatic carboxylic acids is 1. The molecule has 1 aliphatic heterocycles. The topological polar surface area (TPSA) is 69.6 Å². The van der Waals surface area contributed by atoms with Crippen molar-refractivity contribution < 1.29 is 14.7 Å². The lowest BCUT2D eigenvalue weighted by Crippen LogP contribution is -2.44. The molecule has 0 aromatic heterocycles. The van der Waals surface area contributed by atoms with Crippen LogP contribution in [0.15, 0.2) is 60.7 Å². The van der Waals surface area contributed by atoms with Crippen molar-refractivity contribution in [2.75, 3.05) is 13.1 Å². The number of hydrogen-bond acceptors (Lipinski definition) is 3. The van der Waals surface area contributed by atoms with Crippen LogP contribution in [-0.4, -0.2) is 41.0 Å². The predicted octanol–water partition coefficient (Wildman–Crippen LogP) is 3.06. The van der Waals surface area contributed by atoms with Gasteiger partial charge in [0.05, 0.1) is 12.6 Å². The predicted molar refractivity (Wildman–Crippen MR) is 107 cm³/mol. The Balaban J connectivity index is 0.00000261. The van der Waals surface area contributed by atoms with Crippen LogP contribution in [0.4, 0.5) is 0 Å². The highest BCUT2D eigenvalue weighted by molar-refractivity contribution is 5.85. The SMILES string of the molecule is Cl.O=C(CN1CCCC1C(=O)O)NC(Cc1ccccc1)c1ccccc1. The van der Waals surface area contributed by atoms with Crippen LogP contribution in [0.25, 0.3) is 0 Å². The molecule has 144 valence electrons. The molecule has 0 spiro atoms. The second kappa shape index (κ2) is 10.1. The highest BCUT2D eigenvalue weighted by atomic mass is 35.5. The Hall–Kier alpha value is -2.37. The second-order valence-corrected chi connectivity index (χ2v) is 6.69. The fourth-order valence-corrected chi connectivity index (χ4v) is 3.51. The summed E-state index contributed by atoms with van der Waals surface area (Å²) in [6.07, 6.45) is 2.12. The minimum absolute atomic E-state index is 0. The number of carboxylic acid groups (broad SMARTS) is 1. The maximum Gasteiger partial charge on any atom is 0.320 e. The number of carbonyl (C=O) groups is 2. The monoisotopic (exact) mass is 388 g/mol. The van der Waals surface area contributed by atoms with Crippen molar-refractivity contribution in [2.45, 2.75) is 31.3 Å². The summed E-state index contributed by atoms with van der Waals surface area (Å²) in [7, 11) is 0. The Bertz CT molecular complexity index is 740. The number of rotatable bonds is 7. The third kappa shape index (κ3) is 5.81. The lowest BCUT2D eigenvalue weighted by Gasteiger charge is -2.24. The first kappa shape index (κ1) is 20.9. The molecular formula is C21H25ClN2O3. The molecule has 0 radical (unpaired) electrons. The van der Waals surface area contributed by atoms with E-state index >= 15 is 0 Å². The Kier molecular flexibility index (Phi) is 7.82. The van der Waals surface area contributed by atoms with Crippen LogP contribution < -0.4 is 5.32 Å². The van der Waals surface area contributed by atoms with Gasteiger partial charge in [0.1, 0.15) is 6.04 Å². The molecular weight excluding hydrogens is 364 g/mol. The highest BCUT2D eigenvalue weighted by Gasteiger charge is 2.32. The summed E-state index contributed by atoms with van der Waals surface area (Å²) in [5.74, 6) is -0.984. The Labute approximate surface area is 165 Å². The smallest absolute Gasteiger partial charge is 0.320 e. The number of halogens is 1. The van der Waals surface area contributed by atoms with E-state index < -0.39 is 12.0 Å². The van der Waals surface area contributed by atoms with Crippen molar-refractivity contribution in [1.82, 2.24) is 10.2 Å². The number of carboxylic acids is 1. The molecule has 2 aromatic rings. The molecule has 2 aromatic carbocycles.